The van der Waals surface area contributed by atoms with E-state index in [1.807, 2.05) is 36.1 Å². The Bertz CT molecular complexity index is 508. The summed E-state index contributed by atoms with van der Waals surface area (Å²) in [7, 11) is 0. The summed E-state index contributed by atoms with van der Waals surface area (Å²) >= 11 is 0. The van der Waals surface area contributed by atoms with Gasteiger partial charge in [0.1, 0.15) is 6.04 Å². The van der Waals surface area contributed by atoms with Gasteiger partial charge in [-0.1, -0.05) is 18.2 Å². The highest BCUT2D eigenvalue weighted by Gasteiger charge is 2.27. The zero-order valence-corrected chi connectivity index (χ0v) is 11.9. The molecule has 5 nitrogen and oxygen atoms in total. The molecule has 0 spiro atoms. The summed E-state index contributed by atoms with van der Waals surface area (Å²) in [6.45, 7) is 5.96. The fraction of sp³-hybridized carbons (Fsp3) is 0.467. The van der Waals surface area contributed by atoms with Crippen molar-refractivity contribution in [2.45, 2.75) is 19.9 Å². The van der Waals surface area contributed by atoms with Gasteiger partial charge in [0.2, 0.25) is 0 Å². The number of benzene rings is 1. The van der Waals surface area contributed by atoms with Crippen molar-refractivity contribution in [3.8, 4) is 0 Å². The van der Waals surface area contributed by atoms with Crippen LogP contribution in [0.5, 0.6) is 0 Å². The Hall–Kier alpha value is -1.88. The molecule has 0 radical (unpaired) electrons. The quantitative estimate of drug-likeness (QED) is 0.902. The molecule has 1 aliphatic heterocycles. The highest BCUT2D eigenvalue weighted by molar-refractivity contribution is 5.95. The van der Waals surface area contributed by atoms with Gasteiger partial charge in [-0.15, -0.1) is 0 Å². The van der Waals surface area contributed by atoms with Gasteiger partial charge in [0.25, 0.3) is 5.91 Å². The van der Waals surface area contributed by atoms with Gasteiger partial charge in [-0.3, -0.25) is 14.5 Å². The van der Waals surface area contributed by atoms with Crippen LogP contribution in [0.1, 0.15) is 22.8 Å². The molecular formula is C15H20N2O3. The summed E-state index contributed by atoms with van der Waals surface area (Å²) in [5, 5.41) is 9.00. The number of carboxylic acid groups (broad SMARTS) is 1. The van der Waals surface area contributed by atoms with Crippen LogP contribution < -0.4 is 0 Å². The number of aliphatic carboxylic acids is 1. The van der Waals surface area contributed by atoms with E-state index in [4.69, 9.17) is 5.11 Å². The van der Waals surface area contributed by atoms with Crippen molar-refractivity contribution in [3.05, 3.63) is 35.4 Å². The Morgan fingerprint density at radius 2 is 1.75 bits per heavy atom. The van der Waals surface area contributed by atoms with E-state index in [2.05, 4.69) is 0 Å². The number of aryl methyl sites for hydroxylation is 1. The van der Waals surface area contributed by atoms with E-state index in [0.29, 0.717) is 26.2 Å². The molecule has 1 atom stereocenters. The smallest absolute Gasteiger partial charge is 0.320 e. The van der Waals surface area contributed by atoms with Gasteiger partial charge in [0, 0.05) is 31.7 Å². The molecular weight excluding hydrogens is 256 g/mol. The van der Waals surface area contributed by atoms with E-state index >= 15 is 0 Å². The van der Waals surface area contributed by atoms with Crippen molar-refractivity contribution >= 4 is 11.9 Å². The molecule has 1 heterocycles. The summed E-state index contributed by atoms with van der Waals surface area (Å²) in [6.07, 6.45) is 0. The lowest BCUT2D eigenvalue weighted by Gasteiger charge is -2.36. The van der Waals surface area contributed by atoms with E-state index in [1.165, 1.54) is 0 Å². The van der Waals surface area contributed by atoms with E-state index in [9.17, 15) is 9.59 Å². The summed E-state index contributed by atoms with van der Waals surface area (Å²) < 4.78 is 0. The van der Waals surface area contributed by atoms with Crippen LogP contribution in [0.25, 0.3) is 0 Å². The fourth-order valence-corrected chi connectivity index (χ4v) is 2.45. The summed E-state index contributed by atoms with van der Waals surface area (Å²) in [6, 6.07) is 7.05. The zero-order chi connectivity index (χ0) is 14.7. The number of hydrogen-bond acceptors (Lipinski definition) is 3. The van der Waals surface area contributed by atoms with Gasteiger partial charge in [0.15, 0.2) is 0 Å². The minimum atomic E-state index is -0.816. The van der Waals surface area contributed by atoms with Gasteiger partial charge in [-0.25, -0.2) is 0 Å². The summed E-state index contributed by atoms with van der Waals surface area (Å²) in [5.41, 5.74) is 1.70. The molecule has 1 unspecified atom stereocenters. The molecule has 20 heavy (non-hydrogen) atoms. The maximum Gasteiger partial charge on any atom is 0.320 e. The zero-order valence-electron chi connectivity index (χ0n) is 11.9. The van der Waals surface area contributed by atoms with Crippen molar-refractivity contribution in [2.24, 2.45) is 0 Å². The summed E-state index contributed by atoms with van der Waals surface area (Å²) in [4.78, 5) is 27.1. The second-order valence-corrected chi connectivity index (χ2v) is 5.16. The van der Waals surface area contributed by atoms with Crippen molar-refractivity contribution in [1.29, 1.82) is 0 Å². The van der Waals surface area contributed by atoms with E-state index in [1.54, 1.807) is 11.8 Å². The first-order valence-corrected chi connectivity index (χ1v) is 6.82. The number of carboxylic acids is 1. The topological polar surface area (TPSA) is 60.9 Å². The third kappa shape index (κ3) is 2.99. The Morgan fingerprint density at radius 1 is 1.15 bits per heavy atom. The van der Waals surface area contributed by atoms with Crippen LogP contribution in [0.2, 0.25) is 0 Å². The average Bonchev–Trinajstić information content (AvgIpc) is 2.46. The molecule has 0 aliphatic carbocycles. The van der Waals surface area contributed by atoms with Crippen LogP contribution in [-0.4, -0.2) is 59.0 Å². The maximum absolute atomic E-state index is 12.4. The first-order valence-electron chi connectivity index (χ1n) is 6.82. The first kappa shape index (κ1) is 14.5. The lowest BCUT2D eigenvalue weighted by molar-refractivity contribution is -0.143. The van der Waals surface area contributed by atoms with Crippen LogP contribution >= 0.6 is 0 Å². The molecule has 1 saturated heterocycles. The number of rotatable bonds is 3. The number of piperazine rings is 1. The lowest BCUT2D eigenvalue weighted by Crippen LogP contribution is -2.53. The molecule has 2 rings (SSSR count). The largest absolute Gasteiger partial charge is 0.480 e. The van der Waals surface area contributed by atoms with Crippen molar-refractivity contribution in [1.82, 2.24) is 9.80 Å². The van der Waals surface area contributed by atoms with Crippen LogP contribution in [0.15, 0.2) is 24.3 Å². The minimum Gasteiger partial charge on any atom is -0.480 e. The highest BCUT2D eigenvalue weighted by atomic mass is 16.4. The van der Waals surface area contributed by atoms with E-state index < -0.39 is 12.0 Å². The van der Waals surface area contributed by atoms with Crippen molar-refractivity contribution in [2.75, 3.05) is 26.2 Å². The highest BCUT2D eigenvalue weighted by Crippen LogP contribution is 2.13. The fourth-order valence-electron chi connectivity index (χ4n) is 2.45. The normalized spacial score (nSPS) is 17.8. The number of nitrogens with zero attached hydrogens (tertiary/aromatic N) is 2. The summed E-state index contributed by atoms with van der Waals surface area (Å²) in [5.74, 6) is -0.783. The number of carbonyl (C=O) groups excluding carboxylic acids is 1. The van der Waals surface area contributed by atoms with Crippen LogP contribution in [0.4, 0.5) is 0 Å². The Kier molecular flexibility index (Phi) is 4.39. The standard InChI is InChI=1S/C15H20N2O3/c1-11-5-3-4-6-13(11)14(18)17-9-7-16(8-10-17)12(2)15(19)20/h3-6,12H,7-10H2,1-2H3,(H,19,20). The predicted molar refractivity (Wildman–Crippen MR) is 75.8 cm³/mol. The number of amides is 1. The molecule has 108 valence electrons. The third-order valence-corrected chi connectivity index (χ3v) is 3.88. The molecule has 1 fully saturated rings. The van der Waals surface area contributed by atoms with Crippen molar-refractivity contribution < 1.29 is 14.7 Å². The van der Waals surface area contributed by atoms with Gasteiger partial charge in [0.05, 0.1) is 0 Å². The van der Waals surface area contributed by atoms with Crippen LogP contribution in [0.3, 0.4) is 0 Å². The van der Waals surface area contributed by atoms with Gasteiger partial charge in [-0.05, 0) is 25.5 Å². The molecule has 0 bridgehead atoms. The Morgan fingerprint density at radius 3 is 2.30 bits per heavy atom. The first-order chi connectivity index (χ1) is 9.50. The second-order valence-electron chi connectivity index (χ2n) is 5.16. The molecule has 1 aliphatic rings. The van der Waals surface area contributed by atoms with Gasteiger partial charge < -0.3 is 10.0 Å². The van der Waals surface area contributed by atoms with E-state index in [0.717, 1.165) is 11.1 Å². The maximum atomic E-state index is 12.4. The minimum absolute atomic E-state index is 0.0331. The van der Waals surface area contributed by atoms with Crippen LogP contribution in [0, 0.1) is 6.92 Å². The third-order valence-electron chi connectivity index (χ3n) is 3.88. The lowest BCUT2D eigenvalue weighted by atomic mass is 10.1. The molecule has 1 amide bonds. The molecule has 1 N–H and O–H groups in total. The average molecular weight is 276 g/mol. The Labute approximate surface area is 118 Å². The number of hydrogen-bond donors (Lipinski definition) is 1. The molecule has 0 saturated carbocycles. The SMILES string of the molecule is Cc1ccccc1C(=O)N1CCN(C(C)C(=O)O)CC1. The van der Waals surface area contributed by atoms with Crippen molar-refractivity contribution in [3.63, 3.8) is 0 Å². The second kappa shape index (κ2) is 6.05. The monoisotopic (exact) mass is 276 g/mol. The molecule has 5 heteroatoms. The molecule has 1 aromatic rings. The van der Waals surface area contributed by atoms with Crippen LogP contribution in [-0.2, 0) is 4.79 Å². The van der Waals surface area contributed by atoms with E-state index in [-0.39, 0.29) is 5.91 Å². The Balaban J connectivity index is 1.99. The molecule has 0 aromatic heterocycles. The number of carbonyl (C=O) groups is 2. The van der Waals surface area contributed by atoms with Gasteiger partial charge >= 0.3 is 5.97 Å². The predicted octanol–water partition coefficient (Wildman–Crippen LogP) is 1.23. The van der Waals surface area contributed by atoms with Gasteiger partial charge in [-0.2, -0.15) is 0 Å². The molecule has 1 aromatic carbocycles.